The molecule has 0 saturated carbocycles. The number of rotatable bonds is 8. The fourth-order valence-electron chi connectivity index (χ4n) is 2.44. The quantitative estimate of drug-likeness (QED) is 0.723. The van der Waals surface area contributed by atoms with E-state index in [-0.39, 0.29) is 12.1 Å². The summed E-state index contributed by atoms with van der Waals surface area (Å²) in [4.78, 5) is 11.1. The number of benzene rings is 1. The summed E-state index contributed by atoms with van der Waals surface area (Å²) in [5, 5.41) is 10.2. The van der Waals surface area contributed by atoms with Gasteiger partial charge in [0, 0.05) is 6.42 Å². The molecule has 0 aliphatic rings. The van der Waals surface area contributed by atoms with E-state index >= 15 is 0 Å². The molecule has 0 bridgehead atoms. The van der Waals surface area contributed by atoms with Crippen molar-refractivity contribution in [2.24, 2.45) is 5.41 Å². The lowest BCUT2D eigenvalue weighted by Gasteiger charge is -2.19. The van der Waals surface area contributed by atoms with Crippen molar-refractivity contribution in [2.75, 3.05) is 7.11 Å². The second-order valence-electron chi connectivity index (χ2n) is 7.14. The maximum Gasteiger partial charge on any atom is 0.305 e. The van der Waals surface area contributed by atoms with Crippen LogP contribution in [0, 0.1) is 5.41 Å². The number of aryl methyl sites for hydroxylation is 1. The monoisotopic (exact) mass is 306 g/mol. The first kappa shape index (κ1) is 18.7. The standard InChI is InChI=1S/C19H30O3/c1-19(2,3)14-6-8-17(20)16-12-10-15(11-13-16)7-5-9-18(21)22-4/h10-13,17,20H,5-9,14H2,1-4H3. The highest BCUT2D eigenvalue weighted by Gasteiger charge is 2.12. The van der Waals surface area contributed by atoms with Crippen LogP contribution >= 0.6 is 0 Å². The summed E-state index contributed by atoms with van der Waals surface area (Å²) in [5.74, 6) is -0.161. The summed E-state index contributed by atoms with van der Waals surface area (Å²) < 4.78 is 4.63. The van der Waals surface area contributed by atoms with Gasteiger partial charge in [-0.25, -0.2) is 0 Å². The molecule has 1 aromatic rings. The van der Waals surface area contributed by atoms with Crippen molar-refractivity contribution in [1.29, 1.82) is 0 Å². The van der Waals surface area contributed by atoms with Crippen LogP contribution in [-0.4, -0.2) is 18.2 Å². The Morgan fingerprint density at radius 2 is 1.82 bits per heavy atom. The van der Waals surface area contributed by atoms with Crippen molar-refractivity contribution in [2.45, 2.75) is 65.4 Å². The topological polar surface area (TPSA) is 46.5 Å². The Hall–Kier alpha value is -1.35. The fourth-order valence-corrected chi connectivity index (χ4v) is 2.44. The molecule has 1 rings (SSSR count). The maximum absolute atomic E-state index is 11.1. The first-order valence-electron chi connectivity index (χ1n) is 8.15. The van der Waals surface area contributed by atoms with E-state index in [1.165, 1.54) is 12.7 Å². The molecule has 0 aromatic heterocycles. The molecule has 0 heterocycles. The van der Waals surface area contributed by atoms with Crippen LogP contribution in [-0.2, 0) is 16.0 Å². The number of carbonyl (C=O) groups excluding carboxylic acids is 1. The molecule has 1 N–H and O–H groups in total. The summed E-state index contributed by atoms with van der Waals surface area (Å²) in [6.07, 6.45) is 4.68. The van der Waals surface area contributed by atoms with Crippen LogP contribution in [0.25, 0.3) is 0 Å². The Balaban J connectivity index is 2.38. The van der Waals surface area contributed by atoms with Crippen molar-refractivity contribution >= 4 is 5.97 Å². The first-order valence-corrected chi connectivity index (χ1v) is 8.15. The van der Waals surface area contributed by atoms with Crippen molar-refractivity contribution in [3.05, 3.63) is 35.4 Å². The van der Waals surface area contributed by atoms with E-state index in [9.17, 15) is 9.90 Å². The lowest BCUT2D eigenvalue weighted by molar-refractivity contribution is -0.140. The van der Waals surface area contributed by atoms with Gasteiger partial charge in [-0.1, -0.05) is 51.5 Å². The lowest BCUT2D eigenvalue weighted by Crippen LogP contribution is -2.06. The number of hydrogen-bond donors (Lipinski definition) is 1. The normalized spacial score (nSPS) is 13.0. The molecule has 0 amide bonds. The molecule has 0 spiro atoms. The second-order valence-corrected chi connectivity index (χ2v) is 7.14. The Morgan fingerprint density at radius 3 is 2.36 bits per heavy atom. The summed E-state index contributed by atoms with van der Waals surface area (Å²) in [6.45, 7) is 6.67. The van der Waals surface area contributed by atoms with Crippen molar-refractivity contribution in [3.8, 4) is 0 Å². The number of aliphatic hydroxyl groups is 1. The number of esters is 1. The van der Waals surface area contributed by atoms with Crippen LogP contribution in [0.15, 0.2) is 24.3 Å². The first-order chi connectivity index (χ1) is 10.3. The predicted molar refractivity (Wildman–Crippen MR) is 89.7 cm³/mol. The van der Waals surface area contributed by atoms with E-state index in [1.54, 1.807) is 0 Å². The fraction of sp³-hybridized carbons (Fsp3) is 0.632. The average molecular weight is 306 g/mol. The van der Waals surface area contributed by atoms with Gasteiger partial charge in [0.1, 0.15) is 0 Å². The summed E-state index contributed by atoms with van der Waals surface area (Å²) in [6, 6.07) is 8.07. The second kappa shape index (κ2) is 8.94. The highest BCUT2D eigenvalue weighted by molar-refractivity contribution is 5.69. The summed E-state index contributed by atoms with van der Waals surface area (Å²) in [7, 11) is 1.41. The molecule has 3 nitrogen and oxygen atoms in total. The number of methoxy groups -OCH3 is 1. The van der Waals surface area contributed by atoms with Gasteiger partial charge in [0.25, 0.3) is 0 Å². The highest BCUT2D eigenvalue weighted by atomic mass is 16.5. The molecule has 1 unspecified atom stereocenters. The van der Waals surface area contributed by atoms with Crippen molar-refractivity contribution in [3.63, 3.8) is 0 Å². The van der Waals surface area contributed by atoms with Crippen LogP contribution in [0.4, 0.5) is 0 Å². The summed E-state index contributed by atoms with van der Waals surface area (Å²) >= 11 is 0. The van der Waals surface area contributed by atoms with Crippen LogP contribution in [0.2, 0.25) is 0 Å². The van der Waals surface area contributed by atoms with Gasteiger partial charge >= 0.3 is 5.97 Å². The molecule has 1 atom stereocenters. The highest BCUT2D eigenvalue weighted by Crippen LogP contribution is 2.26. The Labute approximate surface area is 134 Å². The van der Waals surface area contributed by atoms with Gasteiger partial charge in [0.15, 0.2) is 0 Å². The van der Waals surface area contributed by atoms with Crippen molar-refractivity contribution < 1.29 is 14.6 Å². The lowest BCUT2D eigenvalue weighted by atomic mass is 9.88. The number of hydrogen-bond acceptors (Lipinski definition) is 3. The zero-order chi connectivity index (χ0) is 16.6. The molecule has 1 aromatic carbocycles. The SMILES string of the molecule is COC(=O)CCCc1ccc(C(O)CCCC(C)(C)C)cc1. The molecule has 0 fully saturated rings. The molecular weight excluding hydrogens is 276 g/mol. The molecule has 124 valence electrons. The van der Waals surface area contributed by atoms with Gasteiger partial charge in [-0.05, 0) is 42.2 Å². The minimum Gasteiger partial charge on any atom is -0.469 e. The third-order valence-electron chi connectivity index (χ3n) is 3.84. The molecule has 22 heavy (non-hydrogen) atoms. The smallest absolute Gasteiger partial charge is 0.305 e. The van der Waals surface area contributed by atoms with Gasteiger partial charge in [-0.3, -0.25) is 4.79 Å². The number of ether oxygens (including phenoxy) is 1. The number of carbonyl (C=O) groups is 1. The molecule has 0 saturated heterocycles. The summed E-state index contributed by atoms with van der Waals surface area (Å²) in [5.41, 5.74) is 2.49. The molecular formula is C19H30O3. The van der Waals surface area contributed by atoms with Gasteiger partial charge < -0.3 is 9.84 Å². The molecule has 0 radical (unpaired) electrons. The largest absolute Gasteiger partial charge is 0.469 e. The van der Waals surface area contributed by atoms with Crippen LogP contribution in [0.1, 0.15) is 70.1 Å². The van der Waals surface area contributed by atoms with E-state index < -0.39 is 0 Å². The van der Waals surface area contributed by atoms with Crippen LogP contribution in [0.3, 0.4) is 0 Å². The number of aliphatic hydroxyl groups excluding tert-OH is 1. The van der Waals surface area contributed by atoms with E-state index in [4.69, 9.17) is 0 Å². The third-order valence-corrected chi connectivity index (χ3v) is 3.84. The minimum absolute atomic E-state index is 0.161. The van der Waals surface area contributed by atoms with E-state index in [0.29, 0.717) is 11.8 Å². The Morgan fingerprint density at radius 1 is 1.18 bits per heavy atom. The van der Waals surface area contributed by atoms with Crippen molar-refractivity contribution in [1.82, 2.24) is 0 Å². The van der Waals surface area contributed by atoms with Crippen LogP contribution in [0.5, 0.6) is 0 Å². The van der Waals surface area contributed by atoms with E-state index in [0.717, 1.165) is 37.7 Å². The van der Waals surface area contributed by atoms with Gasteiger partial charge in [-0.15, -0.1) is 0 Å². The minimum atomic E-state index is -0.383. The predicted octanol–water partition coefficient (Wildman–Crippen LogP) is 4.43. The molecule has 0 aliphatic carbocycles. The zero-order valence-electron chi connectivity index (χ0n) is 14.4. The van der Waals surface area contributed by atoms with Gasteiger partial charge in [-0.2, -0.15) is 0 Å². The molecule has 0 aliphatic heterocycles. The third kappa shape index (κ3) is 7.60. The Bertz CT molecular complexity index is 443. The Kier molecular flexibility index (Phi) is 7.60. The molecule has 3 heteroatoms. The zero-order valence-corrected chi connectivity index (χ0v) is 14.4. The van der Waals surface area contributed by atoms with Gasteiger partial charge in [0.2, 0.25) is 0 Å². The van der Waals surface area contributed by atoms with Crippen LogP contribution < -0.4 is 0 Å². The maximum atomic E-state index is 11.1. The van der Waals surface area contributed by atoms with E-state index in [1.807, 2.05) is 24.3 Å². The van der Waals surface area contributed by atoms with Gasteiger partial charge in [0.05, 0.1) is 13.2 Å². The average Bonchev–Trinajstić information content (AvgIpc) is 2.46. The van der Waals surface area contributed by atoms with E-state index in [2.05, 4.69) is 25.5 Å².